The lowest BCUT2D eigenvalue weighted by Gasteiger charge is -2.17. The third-order valence-corrected chi connectivity index (χ3v) is 2.75. The highest BCUT2D eigenvalue weighted by atomic mass is 16.5. The Balaban J connectivity index is 2.41. The van der Waals surface area contributed by atoms with E-state index in [4.69, 9.17) is 9.78 Å². The molecule has 0 saturated heterocycles. The number of nitriles is 1. The lowest BCUT2D eigenvalue weighted by Crippen LogP contribution is -2.25. The topological polar surface area (TPSA) is 71.8 Å². The first-order chi connectivity index (χ1) is 8.91. The van der Waals surface area contributed by atoms with Crippen LogP contribution in [0.4, 0.5) is 0 Å². The molecule has 0 amide bonds. The predicted octanol–water partition coefficient (Wildman–Crippen LogP) is 2.05. The summed E-state index contributed by atoms with van der Waals surface area (Å²) in [7, 11) is 0. The molecule has 5 heteroatoms. The number of nitrogens with zero attached hydrogens (tertiary/aromatic N) is 3. The number of benzene rings is 1. The van der Waals surface area contributed by atoms with Crippen LogP contribution in [-0.4, -0.2) is 9.72 Å². The van der Waals surface area contributed by atoms with Gasteiger partial charge >= 0.3 is 5.76 Å². The molecule has 5 nitrogen and oxygen atoms in total. The summed E-state index contributed by atoms with van der Waals surface area (Å²) in [6.45, 7) is 6.25. The van der Waals surface area contributed by atoms with Gasteiger partial charge in [0.25, 0.3) is 0 Å². The van der Waals surface area contributed by atoms with Crippen LogP contribution in [0.25, 0.3) is 0 Å². The van der Waals surface area contributed by atoms with E-state index in [1.54, 1.807) is 18.2 Å². The fourth-order valence-corrected chi connectivity index (χ4v) is 1.87. The van der Waals surface area contributed by atoms with Crippen LogP contribution in [0, 0.1) is 11.3 Å². The molecular weight excluding hydrogens is 242 g/mol. The zero-order chi connectivity index (χ0) is 14.0. The summed E-state index contributed by atoms with van der Waals surface area (Å²) in [5.74, 6) is 0.118. The summed E-state index contributed by atoms with van der Waals surface area (Å²) in [5.41, 5.74) is 1.16. The lowest BCUT2D eigenvalue weighted by atomic mass is 9.95. The van der Waals surface area contributed by atoms with E-state index in [-0.39, 0.29) is 5.41 Å². The van der Waals surface area contributed by atoms with E-state index in [0.29, 0.717) is 17.9 Å². The second-order valence-corrected chi connectivity index (χ2v) is 5.42. The van der Waals surface area contributed by atoms with Gasteiger partial charge in [0.2, 0.25) is 0 Å². The molecule has 0 saturated carbocycles. The van der Waals surface area contributed by atoms with Crippen molar-refractivity contribution in [1.29, 1.82) is 5.26 Å². The Hall–Kier alpha value is -2.35. The van der Waals surface area contributed by atoms with Gasteiger partial charge in [-0.05, 0) is 17.7 Å². The first-order valence-corrected chi connectivity index (χ1v) is 5.98. The monoisotopic (exact) mass is 257 g/mol. The summed E-state index contributed by atoms with van der Waals surface area (Å²) < 4.78 is 6.24. The maximum atomic E-state index is 11.7. The Bertz CT molecular complexity index is 684. The van der Waals surface area contributed by atoms with Gasteiger partial charge in [-0.25, -0.2) is 4.79 Å². The van der Waals surface area contributed by atoms with Crippen molar-refractivity contribution < 1.29 is 4.52 Å². The molecule has 19 heavy (non-hydrogen) atoms. The van der Waals surface area contributed by atoms with Crippen LogP contribution in [0.1, 0.15) is 37.7 Å². The zero-order valence-electron chi connectivity index (χ0n) is 11.2. The number of rotatable bonds is 2. The van der Waals surface area contributed by atoms with E-state index in [2.05, 4.69) is 11.2 Å². The molecule has 2 aromatic rings. The van der Waals surface area contributed by atoms with Crippen LogP contribution in [0.5, 0.6) is 0 Å². The lowest BCUT2D eigenvalue weighted by molar-refractivity contribution is 0.367. The van der Waals surface area contributed by atoms with Crippen molar-refractivity contribution >= 4 is 0 Å². The van der Waals surface area contributed by atoms with Crippen molar-refractivity contribution in [2.24, 2.45) is 0 Å². The fraction of sp³-hybridized carbons (Fsp3) is 0.357. The smallest absolute Gasteiger partial charge is 0.296 e. The van der Waals surface area contributed by atoms with Gasteiger partial charge in [0, 0.05) is 5.41 Å². The van der Waals surface area contributed by atoms with Crippen molar-refractivity contribution in [1.82, 2.24) is 9.72 Å². The second kappa shape index (κ2) is 4.73. The maximum absolute atomic E-state index is 11.7. The molecular formula is C14H15N3O2. The highest BCUT2D eigenvalue weighted by Gasteiger charge is 2.24. The number of hydrogen-bond donors (Lipinski definition) is 0. The van der Waals surface area contributed by atoms with Gasteiger partial charge in [-0.2, -0.15) is 5.26 Å². The van der Waals surface area contributed by atoms with Crippen LogP contribution in [0.2, 0.25) is 0 Å². The molecule has 98 valence electrons. The van der Waals surface area contributed by atoms with E-state index >= 15 is 0 Å². The Morgan fingerprint density at radius 2 is 2.16 bits per heavy atom. The van der Waals surface area contributed by atoms with Gasteiger partial charge in [-0.15, -0.1) is 0 Å². The van der Waals surface area contributed by atoms with E-state index < -0.39 is 5.76 Å². The van der Waals surface area contributed by atoms with Gasteiger partial charge < -0.3 is 0 Å². The molecule has 2 rings (SSSR count). The molecule has 1 aromatic carbocycles. The van der Waals surface area contributed by atoms with Crippen LogP contribution in [0.15, 0.2) is 33.6 Å². The molecule has 1 aromatic heterocycles. The zero-order valence-corrected chi connectivity index (χ0v) is 11.2. The standard InChI is InChI=1S/C14H15N3O2/c1-14(2,3)12-16-19-13(18)17(12)9-11-6-4-5-10(7-11)8-15/h4-7H,9H2,1-3H3. The Kier molecular flexibility index (Phi) is 3.26. The first kappa shape index (κ1) is 13.1. The molecule has 1 heterocycles. The predicted molar refractivity (Wildman–Crippen MR) is 69.7 cm³/mol. The van der Waals surface area contributed by atoms with Crippen LogP contribution in [0.3, 0.4) is 0 Å². The summed E-state index contributed by atoms with van der Waals surface area (Å²) >= 11 is 0. The minimum Gasteiger partial charge on any atom is -0.296 e. The summed E-state index contributed by atoms with van der Waals surface area (Å²) in [4.78, 5) is 11.7. The molecule has 0 radical (unpaired) electrons. The van der Waals surface area contributed by atoms with E-state index in [9.17, 15) is 4.79 Å². The Labute approximate surface area is 111 Å². The minimum absolute atomic E-state index is 0.279. The van der Waals surface area contributed by atoms with E-state index in [1.807, 2.05) is 26.8 Å². The average Bonchev–Trinajstić information content (AvgIpc) is 2.71. The number of hydrogen-bond acceptors (Lipinski definition) is 4. The average molecular weight is 257 g/mol. The molecule has 0 spiro atoms. The quantitative estimate of drug-likeness (QED) is 0.825. The van der Waals surface area contributed by atoms with Crippen LogP contribution < -0.4 is 5.76 Å². The van der Waals surface area contributed by atoms with E-state index in [1.165, 1.54) is 4.57 Å². The van der Waals surface area contributed by atoms with Crippen LogP contribution >= 0.6 is 0 Å². The molecule has 0 N–H and O–H groups in total. The summed E-state index contributed by atoms with van der Waals surface area (Å²) in [5, 5.41) is 12.7. The fourth-order valence-electron chi connectivity index (χ4n) is 1.87. The van der Waals surface area contributed by atoms with Crippen LogP contribution in [-0.2, 0) is 12.0 Å². The van der Waals surface area contributed by atoms with Crippen molar-refractivity contribution in [3.63, 3.8) is 0 Å². The van der Waals surface area contributed by atoms with Gasteiger partial charge in [-0.1, -0.05) is 38.1 Å². The molecule has 0 fully saturated rings. The molecule has 0 unspecified atom stereocenters. The second-order valence-electron chi connectivity index (χ2n) is 5.42. The molecule has 0 aliphatic rings. The summed E-state index contributed by atoms with van der Waals surface area (Å²) in [6.07, 6.45) is 0. The van der Waals surface area contributed by atoms with Gasteiger partial charge in [0.15, 0.2) is 5.82 Å². The van der Waals surface area contributed by atoms with Gasteiger partial charge in [0.1, 0.15) is 0 Å². The van der Waals surface area contributed by atoms with Crippen molar-refractivity contribution in [3.8, 4) is 6.07 Å². The third-order valence-electron chi connectivity index (χ3n) is 2.75. The SMILES string of the molecule is CC(C)(C)c1noc(=O)n1Cc1cccc(C#N)c1. The van der Waals surface area contributed by atoms with Crippen molar-refractivity contribution in [2.75, 3.05) is 0 Å². The summed E-state index contributed by atoms with van der Waals surface area (Å²) in [6, 6.07) is 9.23. The largest absolute Gasteiger partial charge is 0.441 e. The van der Waals surface area contributed by atoms with Crippen molar-refractivity contribution in [3.05, 3.63) is 51.8 Å². The van der Waals surface area contributed by atoms with Gasteiger partial charge in [-0.3, -0.25) is 9.09 Å². The first-order valence-electron chi connectivity index (χ1n) is 5.98. The number of aromatic nitrogens is 2. The highest BCUT2D eigenvalue weighted by molar-refractivity contribution is 5.33. The Morgan fingerprint density at radius 1 is 1.42 bits per heavy atom. The molecule has 0 bridgehead atoms. The maximum Gasteiger partial charge on any atom is 0.441 e. The normalized spacial score (nSPS) is 11.3. The van der Waals surface area contributed by atoms with E-state index in [0.717, 1.165) is 5.56 Å². The molecule has 0 aliphatic heterocycles. The molecule has 0 aliphatic carbocycles. The van der Waals surface area contributed by atoms with Gasteiger partial charge in [0.05, 0.1) is 18.2 Å². The highest BCUT2D eigenvalue weighted by Crippen LogP contribution is 2.19. The third kappa shape index (κ3) is 2.74. The van der Waals surface area contributed by atoms with Crippen molar-refractivity contribution in [2.45, 2.75) is 32.7 Å². The molecule has 0 atom stereocenters. The Morgan fingerprint density at radius 3 is 2.79 bits per heavy atom. The minimum atomic E-state index is -0.479.